The van der Waals surface area contributed by atoms with Crippen LogP contribution < -0.4 is 14.8 Å². The summed E-state index contributed by atoms with van der Waals surface area (Å²) in [6, 6.07) is 18.6. The number of fused-ring (bicyclic) bond motifs is 1. The van der Waals surface area contributed by atoms with Crippen molar-refractivity contribution in [3.63, 3.8) is 0 Å². The number of nitrogens with one attached hydrogen (secondary N) is 1. The van der Waals surface area contributed by atoms with Gasteiger partial charge in [-0.2, -0.15) is 0 Å². The van der Waals surface area contributed by atoms with Crippen LogP contribution in [0.3, 0.4) is 0 Å². The van der Waals surface area contributed by atoms with Crippen LogP contribution in [0.2, 0.25) is 0 Å². The maximum absolute atomic E-state index is 12.0. The van der Waals surface area contributed by atoms with Crippen LogP contribution in [0.15, 0.2) is 66.7 Å². The van der Waals surface area contributed by atoms with Crippen LogP contribution in [0.5, 0.6) is 11.5 Å². The lowest BCUT2D eigenvalue weighted by Crippen LogP contribution is -2.20. The first-order chi connectivity index (χ1) is 14.1. The molecule has 0 fully saturated rings. The number of hydrogen-bond acceptors (Lipinski definition) is 5. The van der Waals surface area contributed by atoms with Crippen molar-refractivity contribution < 1.29 is 23.8 Å². The number of rotatable bonds is 7. The van der Waals surface area contributed by atoms with Crippen LogP contribution in [0.4, 0.5) is 5.69 Å². The van der Waals surface area contributed by atoms with E-state index in [-0.39, 0.29) is 0 Å². The van der Waals surface area contributed by atoms with Gasteiger partial charge < -0.3 is 19.5 Å². The summed E-state index contributed by atoms with van der Waals surface area (Å²) < 4.78 is 15.4. The quantitative estimate of drug-likeness (QED) is 0.486. The van der Waals surface area contributed by atoms with Crippen molar-refractivity contribution in [2.24, 2.45) is 0 Å². The van der Waals surface area contributed by atoms with Gasteiger partial charge >= 0.3 is 5.97 Å². The minimum atomic E-state index is -0.602. The molecule has 0 heterocycles. The minimum absolute atomic E-state index is 0.390. The fraction of sp³-hybridized carbons (Fsp3) is 0.130. The Bertz CT molecular complexity index is 1060. The number of methoxy groups -OCH3 is 2. The van der Waals surface area contributed by atoms with Crippen LogP contribution >= 0.6 is 0 Å². The van der Waals surface area contributed by atoms with Crippen molar-refractivity contribution in [1.82, 2.24) is 0 Å². The molecule has 0 spiro atoms. The highest BCUT2D eigenvalue weighted by molar-refractivity contribution is 5.96. The molecule has 6 heteroatoms. The van der Waals surface area contributed by atoms with Gasteiger partial charge in [0.05, 0.1) is 19.9 Å². The van der Waals surface area contributed by atoms with E-state index < -0.39 is 18.5 Å². The Hall–Kier alpha value is -3.80. The fourth-order valence-electron chi connectivity index (χ4n) is 2.76. The molecule has 1 N–H and O–H groups in total. The lowest BCUT2D eigenvalue weighted by atomic mass is 10.1. The lowest BCUT2D eigenvalue weighted by molar-refractivity contribution is -0.142. The summed E-state index contributed by atoms with van der Waals surface area (Å²) >= 11 is 0. The molecule has 3 aromatic rings. The standard InChI is InChI=1S/C23H21NO5/c1-27-19-11-10-17-13-16(7-9-18(17)14-19)8-12-23(26)29-15-22(25)24-20-5-3-4-6-21(20)28-2/h3-14H,15H2,1-2H3,(H,24,25)/b12-8+. The highest BCUT2D eigenvalue weighted by Crippen LogP contribution is 2.23. The van der Waals surface area contributed by atoms with Gasteiger partial charge in [0, 0.05) is 6.08 Å². The molecule has 148 valence electrons. The molecule has 1 amide bonds. The SMILES string of the molecule is COc1ccc2cc(/C=C/C(=O)OCC(=O)Nc3ccccc3OC)ccc2c1. The van der Waals surface area contributed by atoms with Crippen molar-refractivity contribution in [3.05, 3.63) is 72.3 Å². The van der Waals surface area contributed by atoms with Crippen LogP contribution in [-0.4, -0.2) is 32.7 Å². The average molecular weight is 391 g/mol. The van der Waals surface area contributed by atoms with E-state index in [9.17, 15) is 9.59 Å². The van der Waals surface area contributed by atoms with E-state index >= 15 is 0 Å². The molecule has 0 aliphatic rings. The molecule has 3 rings (SSSR count). The maximum Gasteiger partial charge on any atom is 0.331 e. The van der Waals surface area contributed by atoms with E-state index in [1.54, 1.807) is 37.5 Å². The summed E-state index contributed by atoms with van der Waals surface area (Å²) in [6.45, 7) is -0.390. The number of esters is 1. The number of amides is 1. The van der Waals surface area contributed by atoms with E-state index in [1.807, 2.05) is 36.4 Å². The van der Waals surface area contributed by atoms with Crippen LogP contribution in [-0.2, 0) is 14.3 Å². The van der Waals surface area contributed by atoms with Crippen molar-refractivity contribution in [2.75, 3.05) is 26.1 Å². The van der Waals surface area contributed by atoms with E-state index in [1.165, 1.54) is 13.2 Å². The summed E-state index contributed by atoms with van der Waals surface area (Å²) in [7, 11) is 3.14. The molecule has 0 aromatic heterocycles. The van der Waals surface area contributed by atoms with Crippen LogP contribution in [0.25, 0.3) is 16.8 Å². The number of hydrogen-bond donors (Lipinski definition) is 1. The number of carbonyl (C=O) groups excluding carboxylic acids is 2. The van der Waals surface area contributed by atoms with Crippen LogP contribution in [0, 0.1) is 0 Å². The smallest absolute Gasteiger partial charge is 0.331 e. The van der Waals surface area contributed by atoms with Gasteiger partial charge in [0.25, 0.3) is 5.91 Å². The Kier molecular flexibility index (Phi) is 6.47. The molecular formula is C23H21NO5. The Morgan fingerprint density at radius 2 is 1.69 bits per heavy atom. The highest BCUT2D eigenvalue weighted by atomic mass is 16.5. The number of para-hydroxylation sites is 2. The van der Waals surface area contributed by atoms with Gasteiger partial charge in [0.1, 0.15) is 11.5 Å². The largest absolute Gasteiger partial charge is 0.497 e. The van der Waals surface area contributed by atoms with Crippen molar-refractivity contribution in [3.8, 4) is 11.5 Å². The summed E-state index contributed by atoms with van der Waals surface area (Å²) in [4.78, 5) is 23.9. The predicted molar refractivity (Wildman–Crippen MR) is 112 cm³/mol. The molecule has 0 aliphatic heterocycles. The Morgan fingerprint density at radius 1 is 0.931 bits per heavy atom. The second-order valence-electron chi connectivity index (χ2n) is 6.16. The second-order valence-corrected chi connectivity index (χ2v) is 6.16. The zero-order valence-corrected chi connectivity index (χ0v) is 16.2. The third-order valence-corrected chi connectivity index (χ3v) is 4.21. The first-order valence-corrected chi connectivity index (χ1v) is 8.94. The Labute approximate surface area is 168 Å². The predicted octanol–water partition coefficient (Wildman–Crippen LogP) is 4.05. The summed E-state index contributed by atoms with van der Waals surface area (Å²) in [6.07, 6.45) is 2.94. The number of benzene rings is 3. The van der Waals surface area contributed by atoms with Crippen molar-refractivity contribution in [1.29, 1.82) is 0 Å². The van der Waals surface area contributed by atoms with Crippen molar-refractivity contribution in [2.45, 2.75) is 0 Å². The van der Waals surface area contributed by atoms with Gasteiger partial charge in [0.15, 0.2) is 6.61 Å². The highest BCUT2D eigenvalue weighted by Gasteiger charge is 2.09. The fourth-order valence-corrected chi connectivity index (χ4v) is 2.76. The molecule has 29 heavy (non-hydrogen) atoms. The first kappa shape index (κ1) is 19.9. The zero-order valence-electron chi connectivity index (χ0n) is 16.2. The molecule has 0 bridgehead atoms. The molecule has 0 radical (unpaired) electrons. The normalized spacial score (nSPS) is 10.7. The van der Waals surface area contributed by atoms with Crippen molar-refractivity contribution >= 4 is 34.4 Å². The van der Waals surface area contributed by atoms with Gasteiger partial charge in [-0.25, -0.2) is 4.79 Å². The van der Waals surface area contributed by atoms with Gasteiger partial charge in [0.2, 0.25) is 0 Å². The number of carbonyl (C=O) groups is 2. The summed E-state index contributed by atoms with van der Waals surface area (Å²) in [5.74, 6) is 0.266. The van der Waals surface area contributed by atoms with Gasteiger partial charge in [-0.15, -0.1) is 0 Å². The lowest BCUT2D eigenvalue weighted by Gasteiger charge is -2.09. The molecule has 6 nitrogen and oxygen atoms in total. The number of ether oxygens (including phenoxy) is 3. The number of anilines is 1. The maximum atomic E-state index is 12.0. The van der Waals surface area contributed by atoms with E-state index in [2.05, 4.69) is 5.32 Å². The molecular weight excluding hydrogens is 370 g/mol. The first-order valence-electron chi connectivity index (χ1n) is 8.94. The van der Waals surface area contributed by atoms with E-state index in [0.717, 1.165) is 22.1 Å². The third kappa shape index (κ3) is 5.35. The molecule has 0 atom stereocenters. The third-order valence-electron chi connectivity index (χ3n) is 4.21. The van der Waals surface area contributed by atoms with Gasteiger partial charge in [-0.1, -0.05) is 30.3 Å². The molecule has 0 aliphatic carbocycles. The second kappa shape index (κ2) is 9.41. The minimum Gasteiger partial charge on any atom is -0.497 e. The van der Waals surface area contributed by atoms with Gasteiger partial charge in [-0.3, -0.25) is 4.79 Å². The van der Waals surface area contributed by atoms with E-state index in [4.69, 9.17) is 14.2 Å². The molecule has 3 aromatic carbocycles. The molecule has 0 saturated heterocycles. The zero-order chi connectivity index (χ0) is 20.6. The molecule has 0 saturated carbocycles. The monoisotopic (exact) mass is 391 g/mol. The Morgan fingerprint density at radius 3 is 2.48 bits per heavy atom. The van der Waals surface area contributed by atoms with E-state index in [0.29, 0.717) is 11.4 Å². The summed E-state index contributed by atoms with van der Waals surface area (Å²) in [5, 5.41) is 4.71. The van der Waals surface area contributed by atoms with Gasteiger partial charge in [-0.05, 0) is 52.7 Å². The Balaban J connectivity index is 1.55. The average Bonchev–Trinajstić information content (AvgIpc) is 2.76. The topological polar surface area (TPSA) is 73.9 Å². The van der Waals surface area contributed by atoms with Crippen LogP contribution in [0.1, 0.15) is 5.56 Å². The molecule has 0 unspecified atom stereocenters. The summed E-state index contributed by atoms with van der Waals surface area (Å²) in [5.41, 5.74) is 1.36.